The number of aromatic nitrogens is 1. The summed E-state index contributed by atoms with van der Waals surface area (Å²) in [6, 6.07) is 23.3. The van der Waals surface area contributed by atoms with Crippen LogP contribution in [0.15, 0.2) is 84.3 Å². The van der Waals surface area contributed by atoms with Gasteiger partial charge in [0.25, 0.3) is 0 Å². The topological polar surface area (TPSA) is 89.3 Å². The van der Waals surface area contributed by atoms with E-state index >= 15 is 0 Å². The molecule has 8 heteroatoms. The van der Waals surface area contributed by atoms with Gasteiger partial charge in [-0.3, -0.25) is 0 Å². The molecule has 0 unspecified atom stereocenters. The number of ether oxygens (including phenoxy) is 2. The van der Waals surface area contributed by atoms with Crippen LogP contribution in [0.25, 0.3) is 15.5 Å². The van der Waals surface area contributed by atoms with Gasteiger partial charge in [0.15, 0.2) is 0 Å². The predicted molar refractivity (Wildman–Crippen MR) is 151 cm³/mol. The van der Waals surface area contributed by atoms with Gasteiger partial charge in [0.2, 0.25) is 0 Å². The summed E-state index contributed by atoms with van der Waals surface area (Å²) in [6.07, 6.45) is 0. The van der Waals surface area contributed by atoms with Gasteiger partial charge < -0.3 is 9.47 Å². The number of aryl methyl sites for hydroxylation is 1. The number of hydrogen-bond acceptors (Lipinski definition) is 7. The van der Waals surface area contributed by atoms with Crippen molar-refractivity contribution >= 4 is 33.0 Å². The lowest BCUT2D eigenvalue weighted by atomic mass is 10.1. The lowest BCUT2D eigenvalue weighted by Crippen LogP contribution is -2.08. The maximum Gasteiger partial charge on any atom is 0.355 e. The Hall–Kier alpha value is -4.06. The maximum atomic E-state index is 13.0. The van der Waals surface area contributed by atoms with Crippen LogP contribution < -0.4 is 9.47 Å². The van der Waals surface area contributed by atoms with Gasteiger partial charge >= 0.3 is 5.97 Å². The van der Waals surface area contributed by atoms with Crippen molar-refractivity contribution in [3.05, 3.63) is 101 Å². The van der Waals surface area contributed by atoms with Gasteiger partial charge in [-0.05, 0) is 60.9 Å². The second-order valence-corrected chi connectivity index (χ2v) is 11.4. The van der Waals surface area contributed by atoms with Crippen molar-refractivity contribution in [2.75, 3.05) is 6.61 Å². The summed E-state index contributed by atoms with van der Waals surface area (Å²) in [5.41, 5.74) is 2.26. The fraction of sp³-hybridized carbons (Fsp3) is 0.167. The SMILES string of the molecule is C=C(c1cccc(OC(=O)c2sc(-c3ccc(OCC(C)C)c(C#N)c3)nc2C)c1)[S@@](=O)c1ccccc1. The Balaban J connectivity index is 1.51. The van der Waals surface area contributed by atoms with E-state index in [0.717, 1.165) is 0 Å². The lowest BCUT2D eigenvalue weighted by molar-refractivity contribution is 0.0739. The first-order valence-corrected chi connectivity index (χ1v) is 13.9. The number of carbonyl (C=O) groups excluding carboxylic acids is 1. The van der Waals surface area contributed by atoms with Crippen LogP contribution in [-0.4, -0.2) is 21.8 Å². The molecule has 0 saturated carbocycles. The summed E-state index contributed by atoms with van der Waals surface area (Å²) in [6.45, 7) is 10.3. The Morgan fingerprint density at radius 2 is 1.87 bits per heavy atom. The van der Waals surface area contributed by atoms with Crippen LogP contribution in [0.1, 0.15) is 40.3 Å². The number of rotatable bonds is 9. The van der Waals surface area contributed by atoms with E-state index in [4.69, 9.17) is 9.47 Å². The molecule has 0 aliphatic rings. The number of esters is 1. The Kier molecular flexibility index (Phi) is 8.52. The minimum Gasteiger partial charge on any atom is -0.492 e. The van der Waals surface area contributed by atoms with Crippen LogP contribution in [0.4, 0.5) is 0 Å². The molecule has 6 nitrogen and oxygen atoms in total. The predicted octanol–water partition coefficient (Wildman–Crippen LogP) is 7.02. The number of hydrogen-bond donors (Lipinski definition) is 0. The first kappa shape index (κ1) is 27.0. The molecule has 38 heavy (non-hydrogen) atoms. The van der Waals surface area contributed by atoms with Crippen LogP contribution >= 0.6 is 11.3 Å². The van der Waals surface area contributed by atoms with Crippen molar-refractivity contribution in [2.45, 2.75) is 25.7 Å². The molecular formula is C30H26N2O4S2. The minimum atomic E-state index is -1.44. The third-order valence-corrected chi connectivity index (χ3v) is 8.02. The second-order valence-electron chi connectivity index (χ2n) is 8.88. The van der Waals surface area contributed by atoms with E-state index in [-0.39, 0.29) is 0 Å². The third-order valence-electron chi connectivity index (χ3n) is 5.45. The van der Waals surface area contributed by atoms with Gasteiger partial charge in [-0.25, -0.2) is 14.0 Å². The van der Waals surface area contributed by atoms with Crippen LogP contribution in [-0.2, 0) is 10.8 Å². The van der Waals surface area contributed by atoms with Crippen molar-refractivity contribution in [2.24, 2.45) is 5.92 Å². The molecule has 0 bridgehead atoms. The van der Waals surface area contributed by atoms with Crippen molar-refractivity contribution in [3.8, 4) is 28.1 Å². The molecular weight excluding hydrogens is 516 g/mol. The summed E-state index contributed by atoms with van der Waals surface area (Å²) in [5, 5.41) is 10.2. The van der Waals surface area contributed by atoms with Crippen LogP contribution in [0.2, 0.25) is 0 Å². The summed E-state index contributed by atoms with van der Waals surface area (Å²) in [4.78, 5) is 19.0. The fourth-order valence-electron chi connectivity index (χ4n) is 3.52. The quantitative estimate of drug-likeness (QED) is 0.167. The first-order valence-electron chi connectivity index (χ1n) is 11.9. The molecule has 3 aromatic carbocycles. The largest absolute Gasteiger partial charge is 0.492 e. The number of benzene rings is 3. The van der Waals surface area contributed by atoms with Crippen LogP contribution in [0.5, 0.6) is 11.5 Å². The lowest BCUT2D eigenvalue weighted by Gasteiger charge is -2.10. The molecule has 0 N–H and O–H groups in total. The molecule has 0 radical (unpaired) electrons. The Labute approximate surface area is 228 Å². The normalized spacial score (nSPS) is 11.6. The van der Waals surface area contributed by atoms with Gasteiger partial charge in [0, 0.05) is 15.4 Å². The molecule has 0 aliphatic heterocycles. The minimum absolute atomic E-state index is 0.312. The van der Waals surface area contributed by atoms with E-state index in [1.807, 2.05) is 38.1 Å². The molecule has 1 atom stereocenters. The zero-order valence-corrected chi connectivity index (χ0v) is 22.9. The molecule has 1 heterocycles. The van der Waals surface area contributed by atoms with Crippen molar-refractivity contribution < 1.29 is 18.5 Å². The molecule has 0 aliphatic carbocycles. The molecule has 0 fully saturated rings. The average Bonchev–Trinajstić information content (AvgIpc) is 3.33. The summed E-state index contributed by atoms with van der Waals surface area (Å²) in [5.74, 6) is 0.621. The first-order chi connectivity index (χ1) is 18.3. The molecule has 0 saturated heterocycles. The number of carbonyl (C=O) groups is 1. The average molecular weight is 543 g/mol. The van der Waals surface area contributed by atoms with Crippen LogP contribution in [0.3, 0.4) is 0 Å². The van der Waals surface area contributed by atoms with E-state index in [0.29, 0.717) is 66.1 Å². The third kappa shape index (κ3) is 6.25. The fourth-order valence-corrected chi connectivity index (χ4v) is 5.49. The van der Waals surface area contributed by atoms with E-state index in [1.54, 1.807) is 55.5 Å². The van der Waals surface area contributed by atoms with Gasteiger partial charge in [-0.15, -0.1) is 11.3 Å². The van der Waals surface area contributed by atoms with Crippen molar-refractivity contribution in [1.29, 1.82) is 5.26 Å². The number of nitrogens with zero attached hydrogens (tertiary/aromatic N) is 2. The smallest absolute Gasteiger partial charge is 0.355 e. The van der Waals surface area contributed by atoms with E-state index in [9.17, 15) is 14.3 Å². The number of thiazole rings is 1. The van der Waals surface area contributed by atoms with Crippen molar-refractivity contribution in [1.82, 2.24) is 4.98 Å². The zero-order chi connectivity index (χ0) is 27.2. The molecule has 1 aromatic heterocycles. The molecule has 0 spiro atoms. The van der Waals surface area contributed by atoms with E-state index in [1.165, 1.54) is 11.3 Å². The maximum absolute atomic E-state index is 13.0. The summed E-state index contributed by atoms with van der Waals surface area (Å²) < 4.78 is 24.3. The molecule has 4 rings (SSSR count). The highest BCUT2D eigenvalue weighted by molar-refractivity contribution is 7.94. The highest BCUT2D eigenvalue weighted by Gasteiger charge is 2.20. The molecule has 192 valence electrons. The van der Waals surface area contributed by atoms with Crippen LogP contribution in [0, 0.1) is 24.2 Å². The molecule has 0 amide bonds. The van der Waals surface area contributed by atoms with E-state index < -0.39 is 16.8 Å². The van der Waals surface area contributed by atoms with Gasteiger partial charge in [0.05, 0.1) is 28.7 Å². The zero-order valence-electron chi connectivity index (χ0n) is 21.3. The summed E-state index contributed by atoms with van der Waals surface area (Å²) in [7, 11) is -1.44. The second kappa shape index (κ2) is 12.0. The Morgan fingerprint density at radius 1 is 1.11 bits per heavy atom. The highest BCUT2D eigenvalue weighted by Crippen LogP contribution is 2.32. The summed E-state index contributed by atoms with van der Waals surface area (Å²) >= 11 is 1.19. The van der Waals surface area contributed by atoms with Gasteiger partial charge in [-0.2, -0.15) is 5.26 Å². The Bertz CT molecular complexity index is 1550. The molecule has 4 aromatic rings. The standard InChI is InChI=1S/C30H26N2O4S2/c1-19(2)18-35-27-14-13-23(15-24(27)17-31)29-32-20(3)28(37-29)30(33)36-25-10-8-9-22(16-25)21(4)38(34)26-11-6-5-7-12-26/h5-16,19H,4,18H2,1-3H3/t38-/m1/s1. The van der Waals surface area contributed by atoms with Crippen molar-refractivity contribution in [3.63, 3.8) is 0 Å². The number of nitriles is 1. The van der Waals surface area contributed by atoms with Gasteiger partial charge in [0.1, 0.15) is 27.5 Å². The highest BCUT2D eigenvalue weighted by atomic mass is 32.2. The Morgan fingerprint density at radius 3 is 2.58 bits per heavy atom. The monoisotopic (exact) mass is 542 g/mol. The van der Waals surface area contributed by atoms with Gasteiger partial charge in [-0.1, -0.05) is 50.8 Å². The van der Waals surface area contributed by atoms with E-state index in [2.05, 4.69) is 17.6 Å².